The quantitative estimate of drug-likeness (QED) is 0.707. The molecular weight excluding hydrogens is 206 g/mol. The summed E-state index contributed by atoms with van der Waals surface area (Å²) in [7, 11) is 0. The van der Waals surface area contributed by atoms with Crippen LogP contribution in [0.4, 0.5) is 0 Å². The van der Waals surface area contributed by atoms with Crippen molar-refractivity contribution >= 4 is 11.8 Å². The van der Waals surface area contributed by atoms with E-state index in [-0.39, 0.29) is 0 Å². The fourth-order valence-corrected chi connectivity index (χ4v) is 3.63. The van der Waals surface area contributed by atoms with Crippen LogP contribution in [-0.2, 0) is 4.74 Å². The lowest BCUT2D eigenvalue weighted by Crippen LogP contribution is -2.24. The largest absolute Gasteiger partial charge is 0.378 e. The van der Waals surface area contributed by atoms with Crippen molar-refractivity contribution in [1.29, 1.82) is 0 Å². The Morgan fingerprint density at radius 2 is 2.27 bits per heavy atom. The van der Waals surface area contributed by atoms with Crippen molar-refractivity contribution in [2.24, 2.45) is 0 Å². The minimum absolute atomic E-state index is 0.577. The Morgan fingerprint density at radius 3 is 3.00 bits per heavy atom. The van der Waals surface area contributed by atoms with Gasteiger partial charge in [0.1, 0.15) is 0 Å². The van der Waals surface area contributed by atoms with Gasteiger partial charge in [0.2, 0.25) is 0 Å². The number of nitrogens with one attached hydrogen (secondary N) is 1. The van der Waals surface area contributed by atoms with Crippen LogP contribution in [0.25, 0.3) is 0 Å². The molecule has 0 spiro atoms. The molecule has 0 aromatic rings. The van der Waals surface area contributed by atoms with E-state index in [0.29, 0.717) is 6.10 Å². The van der Waals surface area contributed by atoms with Crippen LogP contribution in [0.1, 0.15) is 38.5 Å². The summed E-state index contributed by atoms with van der Waals surface area (Å²) in [6.07, 6.45) is 8.52. The van der Waals surface area contributed by atoms with E-state index in [2.05, 4.69) is 17.1 Å². The highest BCUT2D eigenvalue weighted by Crippen LogP contribution is 2.25. The van der Waals surface area contributed by atoms with Gasteiger partial charge in [-0.15, -0.1) is 0 Å². The number of hydrogen-bond donors (Lipinski definition) is 1. The molecule has 2 heterocycles. The Bertz CT molecular complexity index is 147. The molecule has 2 nitrogen and oxygen atoms in total. The van der Waals surface area contributed by atoms with Gasteiger partial charge in [-0.2, -0.15) is 11.8 Å². The molecule has 2 atom stereocenters. The lowest BCUT2D eigenvalue weighted by atomic mass is 10.1. The van der Waals surface area contributed by atoms with Gasteiger partial charge in [0.05, 0.1) is 6.10 Å². The van der Waals surface area contributed by atoms with E-state index in [0.717, 1.165) is 11.9 Å². The lowest BCUT2D eigenvalue weighted by Gasteiger charge is -2.11. The standard InChI is InChI=1S/C12H23NOS/c1(4-11-5-2-8-14-11)7-13-10-12-6-3-9-15-12/h11-13H,1-10H2. The molecule has 3 heteroatoms. The van der Waals surface area contributed by atoms with Crippen LogP contribution in [0.3, 0.4) is 0 Å². The van der Waals surface area contributed by atoms with Gasteiger partial charge >= 0.3 is 0 Å². The summed E-state index contributed by atoms with van der Waals surface area (Å²) in [5.41, 5.74) is 0. The first kappa shape index (κ1) is 11.7. The van der Waals surface area contributed by atoms with Crippen LogP contribution in [0, 0.1) is 0 Å². The average Bonchev–Trinajstić information content (AvgIpc) is 2.88. The maximum Gasteiger partial charge on any atom is 0.0576 e. The summed E-state index contributed by atoms with van der Waals surface area (Å²) in [5, 5.41) is 4.47. The fraction of sp³-hybridized carbons (Fsp3) is 1.00. The Labute approximate surface area is 97.5 Å². The molecule has 2 aliphatic heterocycles. The molecule has 2 rings (SSSR count). The van der Waals surface area contributed by atoms with E-state index in [1.807, 2.05) is 0 Å². The summed E-state index contributed by atoms with van der Waals surface area (Å²) in [4.78, 5) is 0. The minimum atomic E-state index is 0.577. The highest BCUT2D eigenvalue weighted by Gasteiger charge is 2.16. The Hall–Kier alpha value is 0.270. The van der Waals surface area contributed by atoms with Crippen molar-refractivity contribution in [3.05, 3.63) is 0 Å². The Kier molecular flexibility index (Phi) is 5.30. The van der Waals surface area contributed by atoms with Crippen molar-refractivity contribution in [3.8, 4) is 0 Å². The molecule has 0 bridgehead atoms. The third-order valence-corrected chi connectivity index (χ3v) is 4.70. The molecule has 0 radical (unpaired) electrons. The highest BCUT2D eigenvalue weighted by molar-refractivity contribution is 8.00. The van der Waals surface area contributed by atoms with Crippen LogP contribution in [0.2, 0.25) is 0 Å². The number of rotatable bonds is 6. The van der Waals surface area contributed by atoms with Crippen LogP contribution >= 0.6 is 11.8 Å². The number of hydrogen-bond acceptors (Lipinski definition) is 3. The predicted octanol–water partition coefficient (Wildman–Crippen LogP) is 2.43. The molecule has 88 valence electrons. The molecule has 2 fully saturated rings. The van der Waals surface area contributed by atoms with E-state index in [9.17, 15) is 0 Å². The fourth-order valence-electron chi connectivity index (χ4n) is 2.40. The normalized spacial score (nSPS) is 31.2. The van der Waals surface area contributed by atoms with Gasteiger partial charge in [-0.25, -0.2) is 0 Å². The maximum atomic E-state index is 5.60. The summed E-state index contributed by atoms with van der Waals surface area (Å²) >= 11 is 2.14. The Balaban J connectivity index is 1.41. The zero-order valence-electron chi connectivity index (χ0n) is 9.54. The molecule has 0 amide bonds. The van der Waals surface area contributed by atoms with Gasteiger partial charge in [0.15, 0.2) is 0 Å². The molecule has 0 aromatic carbocycles. The van der Waals surface area contributed by atoms with Crippen LogP contribution in [0.15, 0.2) is 0 Å². The van der Waals surface area contributed by atoms with Gasteiger partial charge in [0, 0.05) is 18.4 Å². The molecule has 0 aliphatic carbocycles. The van der Waals surface area contributed by atoms with Crippen molar-refractivity contribution in [2.75, 3.05) is 25.4 Å². The summed E-state index contributed by atoms with van der Waals surface area (Å²) in [5.74, 6) is 1.38. The molecule has 2 unspecified atom stereocenters. The van der Waals surface area contributed by atoms with Gasteiger partial charge < -0.3 is 10.1 Å². The number of ether oxygens (including phenoxy) is 1. The smallest absolute Gasteiger partial charge is 0.0576 e. The van der Waals surface area contributed by atoms with E-state index >= 15 is 0 Å². The van der Waals surface area contributed by atoms with Crippen LogP contribution < -0.4 is 5.32 Å². The van der Waals surface area contributed by atoms with E-state index < -0.39 is 0 Å². The van der Waals surface area contributed by atoms with E-state index in [1.54, 1.807) is 0 Å². The van der Waals surface area contributed by atoms with Gasteiger partial charge in [-0.05, 0) is 50.8 Å². The van der Waals surface area contributed by atoms with Crippen molar-refractivity contribution < 1.29 is 4.74 Å². The van der Waals surface area contributed by atoms with Gasteiger partial charge in [-0.1, -0.05) is 0 Å². The summed E-state index contributed by atoms with van der Waals surface area (Å²) in [6, 6.07) is 0. The van der Waals surface area contributed by atoms with Gasteiger partial charge in [0.25, 0.3) is 0 Å². The zero-order valence-corrected chi connectivity index (χ0v) is 10.4. The first-order valence-electron chi connectivity index (χ1n) is 6.39. The lowest BCUT2D eigenvalue weighted by molar-refractivity contribution is 0.102. The molecule has 2 saturated heterocycles. The molecule has 0 saturated carbocycles. The average molecular weight is 229 g/mol. The molecular formula is C12H23NOS. The minimum Gasteiger partial charge on any atom is -0.378 e. The zero-order chi connectivity index (χ0) is 10.3. The highest BCUT2D eigenvalue weighted by atomic mass is 32.2. The first-order chi connectivity index (χ1) is 7.45. The van der Waals surface area contributed by atoms with E-state index in [1.165, 1.54) is 57.4 Å². The number of thioether (sulfide) groups is 1. The van der Waals surface area contributed by atoms with Crippen molar-refractivity contribution in [3.63, 3.8) is 0 Å². The summed E-state index contributed by atoms with van der Waals surface area (Å²) in [6.45, 7) is 3.39. The summed E-state index contributed by atoms with van der Waals surface area (Å²) < 4.78 is 5.60. The first-order valence-corrected chi connectivity index (χ1v) is 7.44. The topological polar surface area (TPSA) is 21.3 Å². The van der Waals surface area contributed by atoms with Crippen molar-refractivity contribution in [1.82, 2.24) is 5.32 Å². The van der Waals surface area contributed by atoms with Crippen LogP contribution in [-0.4, -0.2) is 36.8 Å². The molecule has 1 N–H and O–H groups in total. The van der Waals surface area contributed by atoms with Crippen molar-refractivity contribution in [2.45, 2.75) is 49.9 Å². The molecule has 15 heavy (non-hydrogen) atoms. The second-order valence-electron chi connectivity index (χ2n) is 4.62. The maximum absolute atomic E-state index is 5.60. The van der Waals surface area contributed by atoms with E-state index in [4.69, 9.17) is 4.74 Å². The third-order valence-electron chi connectivity index (χ3n) is 3.30. The Morgan fingerprint density at radius 1 is 1.27 bits per heavy atom. The van der Waals surface area contributed by atoms with Gasteiger partial charge in [-0.3, -0.25) is 0 Å². The second kappa shape index (κ2) is 6.77. The second-order valence-corrected chi connectivity index (χ2v) is 6.02. The predicted molar refractivity (Wildman–Crippen MR) is 66.6 cm³/mol. The SMILES string of the molecule is C(CNCC1CCCS1)CC1CCCO1. The monoisotopic (exact) mass is 229 g/mol. The molecule has 2 aliphatic rings. The molecule has 0 aromatic heterocycles. The van der Waals surface area contributed by atoms with Crippen LogP contribution in [0.5, 0.6) is 0 Å². The third kappa shape index (κ3) is 4.33.